The fourth-order valence-corrected chi connectivity index (χ4v) is 19.3. The van der Waals surface area contributed by atoms with Crippen LogP contribution in [0.2, 0.25) is 0 Å². The van der Waals surface area contributed by atoms with Crippen molar-refractivity contribution in [3.63, 3.8) is 0 Å². The summed E-state index contributed by atoms with van der Waals surface area (Å²) in [5.41, 5.74) is 8.18. The van der Waals surface area contributed by atoms with Crippen LogP contribution in [-0.4, -0.2) is 42.1 Å². The van der Waals surface area contributed by atoms with Gasteiger partial charge < -0.3 is 30.8 Å². The quantitative estimate of drug-likeness (QED) is 0.0575. The third-order valence-electron chi connectivity index (χ3n) is 21.4. The molecule has 146 heavy (non-hydrogen) atoms. The third-order valence-corrected chi connectivity index (χ3v) is 26.3. The van der Waals surface area contributed by atoms with Gasteiger partial charge in [-0.15, -0.1) is 203 Å². The van der Waals surface area contributed by atoms with E-state index in [1.807, 2.05) is 134 Å². The number of hydrogen-bond donors (Lipinski definition) is 0. The van der Waals surface area contributed by atoms with E-state index >= 15 is 0 Å². The molecular weight excluding hydrogens is 2570 g/mol. The summed E-state index contributed by atoms with van der Waals surface area (Å²) in [6.45, 7) is 5.20. The molecule has 9 aromatic heterocycles. The van der Waals surface area contributed by atoms with Crippen molar-refractivity contribution in [3.8, 4) is 33.8 Å². The molecule has 0 saturated heterocycles. The topological polar surface area (TPSA) is 121 Å². The van der Waals surface area contributed by atoms with Crippen molar-refractivity contribution in [1.29, 1.82) is 0 Å². The molecule has 2 aliphatic rings. The van der Waals surface area contributed by atoms with Gasteiger partial charge in [0.1, 0.15) is 0 Å². The number of fused-ring (bicyclic) bond motifs is 12. The van der Waals surface area contributed by atoms with E-state index in [9.17, 15) is 10.8 Å². The SMILES string of the molecule is C=C(C)/C=C\C(=[N-])c1[c-]cccc1.Cc1cccc2c1sc1cc[c-]cc12.[2H]/C(C(=C)C([2H])([2H])[2H])=C(\[2H])C(=[N-])c1[c-]cccc1.[2H]C1C(C([2H])(C)CCCC)=CN=C(c2[c-]cccc2)C1[2H].[2H]c1c(C([2H])([2H])[2H])cnc(-c2[c-]ccc3c2sc2c(C4([2H])CCCCC4)cccc23)c1[2H].[2H]c1cncc(C([2H])([2H])[2H])c1[2H].[2H]c1cncc(C([2H])([2H])[2H])c1[2H].[2H]c1nc(-c2[c-]ccc3c2sc2c([2H])c([2H])c([2H])c([2H])c23)c([2H])c([2H])c1[2H].[Ir+3].[Ir+3].[Ir].[Ir].[c-]1ccc2c(c1)sc1ccccc12.[c-]1ccccc1-c1ccccn1. The van der Waals surface area contributed by atoms with Crippen LogP contribution in [0.3, 0.4) is 0 Å². The van der Waals surface area contributed by atoms with Crippen LogP contribution in [0.25, 0.3) is 125 Å². The molecule has 8 nitrogen and oxygen atoms in total. The van der Waals surface area contributed by atoms with Gasteiger partial charge in [-0.25, -0.2) is 22.8 Å². The number of allylic oxidation sites excluding steroid dienone is 7. The van der Waals surface area contributed by atoms with Gasteiger partial charge in [-0.1, -0.05) is 235 Å². The van der Waals surface area contributed by atoms with Crippen LogP contribution in [-0.2, 0) is 80.4 Å². The summed E-state index contributed by atoms with van der Waals surface area (Å²) in [6, 6.07) is 94.9. The van der Waals surface area contributed by atoms with Gasteiger partial charge in [0, 0.05) is 132 Å². The molecule has 0 bridgehead atoms. The molecule has 1 fully saturated rings. The second kappa shape index (κ2) is 61.3. The minimum atomic E-state index is -2.55. The molecule has 23 rings (SSSR count). The minimum absolute atomic E-state index is 0. The number of aromatic nitrogens is 5. The number of benzene rings is 12. The first kappa shape index (κ1) is 77.0. The van der Waals surface area contributed by atoms with Gasteiger partial charge in [0.2, 0.25) is 0 Å². The van der Waals surface area contributed by atoms with Crippen LogP contribution in [0.1, 0.15) is 186 Å². The summed E-state index contributed by atoms with van der Waals surface area (Å²) in [6.07, 6.45) is 18.3. The Hall–Kier alpha value is -12.4. The van der Waals surface area contributed by atoms with Crippen LogP contribution in [0, 0.1) is 81.9 Å². The molecule has 738 valence electrons. The van der Waals surface area contributed by atoms with E-state index in [0.717, 1.165) is 123 Å². The summed E-state index contributed by atoms with van der Waals surface area (Å²) in [4.78, 5) is 24.0. The summed E-state index contributed by atoms with van der Waals surface area (Å²) in [5.74, 6) is -1.39. The van der Waals surface area contributed by atoms with Crippen molar-refractivity contribution in [2.75, 3.05) is 0 Å². The Bertz CT molecular complexity index is 9430. The van der Waals surface area contributed by atoms with Gasteiger partial charge in [-0.05, 0) is 198 Å². The zero-order chi connectivity index (χ0) is 127. The Morgan fingerprint density at radius 3 is 1.75 bits per heavy atom. The summed E-state index contributed by atoms with van der Waals surface area (Å²) >= 11 is 6.41. The molecule has 3 atom stereocenters. The monoisotopic (exact) mass is 2720 g/mol. The number of pyridine rings is 5. The van der Waals surface area contributed by atoms with Crippen molar-refractivity contribution in [2.24, 2.45) is 10.9 Å². The Kier molecular flexibility index (Phi) is 32.3. The average molecular weight is 2720 g/mol. The first-order valence-corrected chi connectivity index (χ1v) is 48.5. The van der Waals surface area contributed by atoms with Gasteiger partial charge in [-0.3, -0.25) is 9.97 Å². The molecule has 1 aliphatic heterocycles. The second-order valence-corrected chi connectivity index (χ2v) is 35.8. The molecule has 10 heterocycles. The molecule has 1 saturated carbocycles. The second-order valence-electron chi connectivity index (χ2n) is 31.6. The van der Waals surface area contributed by atoms with Crippen LogP contribution < -0.4 is 0 Å². The van der Waals surface area contributed by atoms with E-state index in [0.29, 0.717) is 54.6 Å². The van der Waals surface area contributed by atoms with Gasteiger partial charge in [0.15, 0.2) is 0 Å². The van der Waals surface area contributed by atoms with Crippen LogP contribution >= 0.6 is 45.3 Å². The van der Waals surface area contributed by atoms with E-state index in [2.05, 4.69) is 184 Å². The van der Waals surface area contributed by atoms with Crippen LogP contribution in [0.15, 0.2) is 424 Å². The maximum Gasteiger partial charge on any atom is 3.00 e. The van der Waals surface area contributed by atoms with E-state index in [-0.39, 0.29) is 186 Å². The number of aryl methyl sites for hydroxylation is 4. The van der Waals surface area contributed by atoms with Gasteiger partial charge >= 0.3 is 40.2 Å². The van der Waals surface area contributed by atoms with E-state index in [1.54, 1.807) is 90.5 Å². The first-order chi connectivity index (χ1) is 82.5. The standard InChI is InChI=1S/C24H22NS.C17H10NS.C17H22N.C13H9S.2C12H11N.C12H7S.C11H8N.2C6H7N.4Ir/c1-16-13-14-22(25-15-16)21-12-6-11-20-19-10-5-9-18(23(19)26-24(20)21)17-7-3-2-4-8-17;1-2-10-16-12(6-1)13-7-5-8-14(17(13)19-16)15-9-3-4-11-18-15;1-3-4-8-14(2)16-11-12-17(18-13-16)15-9-6-5-7-10-15;1-9-5-4-7-11-10-6-2-3-8-12(10)14-13(9)11;2*1-10(2)8-9-12(13)11-6-4-3-5-7-11;1-3-7-11-9(5-1)10-6-2-4-8-12(10)13-11;1-2-6-10(7-3-1)11-8-4-5-9-12-11;2*1-6-3-2-4-7-5-6;;;;/h5-6,9-11,13-15,17H,2-4,7-8H2,1H3;1-7,9-11H;5-7,9,13-14H,3-4,8,11-12H2,1-2H3;3-8H,1H3;2*3-6,8-9H,1H2,2H3;1-3,5-8H;1-6,8-9H;2*2-5H,1H3;;;;/q4*-1;2*-2;2*-1;;;;;2*+3/b;;;;2*9-8-;;;;;;;;/i1D3,13D,14D,17D;1D,2D,3D,4D,6D,9D,10D,11D;11D,12D,14D;;2D3,8D,9D;;;;2*1D3,2D,3D;;;;. The van der Waals surface area contributed by atoms with Crippen molar-refractivity contribution in [2.45, 2.75) is 125 Å². The van der Waals surface area contributed by atoms with Crippen LogP contribution in [0.4, 0.5) is 0 Å². The average Bonchev–Trinajstić information content (AvgIpc) is 1.58. The molecule has 0 N–H and O–H groups in total. The van der Waals surface area contributed by atoms with Crippen molar-refractivity contribution >= 4 is 143 Å². The van der Waals surface area contributed by atoms with Gasteiger partial charge in [-0.2, -0.15) is 93.7 Å². The van der Waals surface area contributed by atoms with Gasteiger partial charge in [0.05, 0.1) is 20.6 Å². The molecular formula is C130H114Ir4N8S4-4. The fourth-order valence-electron chi connectivity index (χ4n) is 14.5. The molecule has 0 amide bonds. The number of unbranched alkanes of at least 4 members (excludes halogenated alkanes) is 1. The van der Waals surface area contributed by atoms with Crippen molar-refractivity contribution < 1.29 is 124 Å². The number of aliphatic imine (C=N–C) groups is 1. The molecule has 2 radical (unpaired) electrons. The predicted molar refractivity (Wildman–Crippen MR) is 612 cm³/mol. The normalized spacial score (nSPS) is 16.9. The Morgan fingerprint density at radius 1 is 0.486 bits per heavy atom. The van der Waals surface area contributed by atoms with E-state index < -0.39 is 93.6 Å². The smallest absolute Gasteiger partial charge is 0.855 e. The largest absolute Gasteiger partial charge is 3.00 e. The van der Waals surface area contributed by atoms with E-state index in [1.165, 1.54) is 64.6 Å². The summed E-state index contributed by atoms with van der Waals surface area (Å²) in [7, 11) is 0. The number of hydrogen-bond acceptors (Lipinski definition) is 10. The number of thiophene rings is 4. The molecule has 21 aromatic rings. The Balaban J connectivity index is 0.000000202. The molecule has 0 spiro atoms. The number of rotatable bonds is 15. The maximum atomic E-state index is 9.77. The van der Waals surface area contributed by atoms with E-state index in [4.69, 9.17) is 43.9 Å². The minimum Gasteiger partial charge on any atom is -0.855 e. The first-order valence-electron chi connectivity index (χ1n) is 61.4. The molecule has 16 heteroatoms. The zero-order valence-corrected chi connectivity index (χ0v) is 92.3. The summed E-state index contributed by atoms with van der Waals surface area (Å²) in [5, 5.41) is 27.7. The van der Waals surface area contributed by atoms with Crippen molar-refractivity contribution in [1.82, 2.24) is 24.9 Å². The van der Waals surface area contributed by atoms with Crippen molar-refractivity contribution in [3.05, 3.63) is 523 Å². The molecule has 12 aromatic carbocycles. The third kappa shape index (κ3) is 33.8. The summed E-state index contributed by atoms with van der Waals surface area (Å²) < 4.78 is 253. The molecule has 1 aliphatic carbocycles. The fraction of sp³-hybridized carbons (Fsp3) is 0.154. The van der Waals surface area contributed by atoms with Crippen LogP contribution in [0.5, 0.6) is 0 Å². The predicted octanol–water partition coefficient (Wildman–Crippen LogP) is 36.3. The zero-order valence-electron chi connectivity index (χ0n) is 111. The molecule has 3 unspecified atom stereocenters. The Morgan fingerprint density at radius 2 is 1.08 bits per heavy atom. The maximum absolute atomic E-state index is 9.77. The number of nitrogens with zero attached hydrogens (tertiary/aromatic N) is 8. The van der Waals surface area contributed by atoms with Gasteiger partial charge in [0.25, 0.3) is 0 Å². The Labute approximate surface area is 977 Å².